The third-order valence-corrected chi connectivity index (χ3v) is 6.61. The van der Waals surface area contributed by atoms with Gasteiger partial charge in [-0.05, 0) is 49.1 Å². The Morgan fingerprint density at radius 2 is 1.97 bits per heavy atom. The standard InChI is InChI=1S/C27H25F2N7O3/c1-13-8-15(4-6-19(13)27(38)34-18-9-16(29)10-18)22-23(35-36-24(22)25(30)31-12-32-36)20-7-5-17(11-21(20)39-3)33-26(37)14(2)28/h4-8,11-12,16,18H,2,9-10H2,1,3H3,(H,33,37)(H,34,38)(H2,30,31,32). The maximum atomic E-state index is 13.2. The summed E-state index contributed by atoms with van der Waals surface area (Å²) < 4.78 is 33.3. The first-order chi connectivity index (χ1) is 18.7. The molecule has 39 heavy (non-hydrogen) atoms. The summed E-state index contributed by atoms with van der Waals surface area (Å²) in [5, 5.41) is 14.1. The van der Waals surface area contributed by atoms with Crippen LogP contribution in [0.1, 0.15) is 28.8 Å². The SMILES string of the molecule is C=C(F)C(=O)Nc1ccc(-c2nn3ncnc(N)c3c2-c2ccc(C(=O)NC3CC(F)C3)c(C)c2)c(OC)c1. The minimum atomic E-state index is -1.12. The van der Waals surface area contributed by atoms with Crippen LogP contribution < -0.4 is 21.1 Å². The molecule has 1 saturated carbocycles. The van der Waals surface area contributed by atoms with Crippen molar-refractivity contribution in [3.05, 3.63) is 66.3 Å². The fourth-order valence-corrected chi connectivity index (χ4v) is 4.55. The third-order valence-electron chi connectivity index (χ3n) is 6.61. The molecule has 12 heteroatoms. The summed E-state index contributed by atoms with van der Waals surface area (Å²) in [7, 11) is 1.45. The largest absolute Gasteiger partial charge is 0.496 e. The summed E-state index contributed by atoms with van der Waals surface area (Å²) in [5.74, 6) is -1.83. The number of nitrogens with two attached hydrogens (primary N) is 1. The van der Waals surface area contributed by atoms with Crippen molar-refractivity contribution in [1.29, 1.82) is 0 Å². The number of amides is 2. The van der Waals surface area contributed by atoms with Gasteiger partial charge in [-0.15, -0.1) is 14.8 Å². The number of ether oxygens (including phenoxy) is 1. The highest BCUT2D eigenvalue weighted by Gasteiger charge is 2.30. The van der Waals surface area contributed by atoms with E-state index in [1.807, 2.05) is 6.07 Å². The van der Waals surface area contributed by atoms with E-state index in [1.165, 1.54) is 24.1 Å². The number of aromatic nitrogens is 4. The number of nitrogens with one attached hydrogen (secondary N) is 2. The first-order valence-corrected chi connectivity index (χ1v) is 12.1. The van der Waals surface area contributed by atoms with Gasteiger partial charge >= 0.3 is 0 Å². The summed E-state index contributed by atoms with van der Waals surface area (Å²) in [6.07, 6.45) is 1.05. The first kappa shape index (κ1) is 25.8. The molecular formula is C27H25F2N7O3. The van der Waals surface area contributed by atoms with Crippen LogP contribution in [0, 0.1) is 6.92 Å². The van der Waals surface area contributed by atoms with E-state index in [4.69, 9.17) is 10.5 Å². The average molecular weight is 534 g/mol. The van der Waals surface area contributed by atoms with Crippen LogP contribution in [-0.4, -0.2) is 50.9 Å². The van der Waals surface area contributed by atoms with Crippen LogP contribution in [0.3, 0.4) is 0 Å². The van der Waals surface area contributed by atoms with Gasteiger partial charge in [-0.1, -0.05) is 18.7 Å². The van der Waals surface area contributed by atoms with Crippen LogP contribution in [-0.2, 0) is 4.79 Å². The molecule has 0 saturated heterocycles. The maximum Gasteiger partial charge on any atom is 0.283 e. The molecule has 2 aromatic heterocycles. The number of alkyl halides is 1. The fourth-order valence-electron chi connectivity index (χ4n) is 4.55. The second-order valence-corrected chi connectivity index (χ2v) is 9.25. The van der Waals surface area contributed by atoms with Crippen LogP contribution in [0.15, 0.2) is 55.1 Å². The average Bonchev–Trinajstić information content (AvgIpc) is 3.28. The number of nitrogen functional groups attached to an aromatic ring is 1. The lowest BCUT2D eigenvalue weighted by Gasteiger charge is -2.30. The maximum absolute atomic E-state index is 13.2. The third kappa shape index (κ3) is 4.88. The molecule has 1 aliphatic rings. The Labute approximate surface area is 221 Å². The minimum absolute atomic E-state index is 0.169. The lowest BCUT2D eigenvalue weighted by Crippen LogP contribution is -2.45. The highest BCUT2D eigenvalue weighted by molar-refractivity contribution is 6.03. The van der Waals surface area contributed by atoms with Gasteiger partial charge in [0.05, 0.1) is 7.11 Å². The number of aryl methyl sites for hydroxylation is 1. The van der Waals surface area contributed by atoms with E-state index in [0.29, 0.717) is 63.3 Å². The van der Waals surface area contributed by atoms with E-state index in [2.05, 4.69) is 32.4 Å². The second-order valence-electron chi connectivity index (χ2n) is 9.25. The number of anilines is 2. The number of carbonyl (C=O) groups is 2. The van der Waals surface area contributed by atoms with Gasteiger partial charge in [0.25, 0.3) is 11.8 Å². The molecule has 200 valence electrons. The first-order valence-electron chi connectivity index (χ1n) is 12.1. The molecule has 0 unspecified atom stereocenters. The van der Waals surface area contributed by atoms with Crippen molar-refractivity contribution in [3.8, 4) is 28.1 Å². The zero-order valence-electron chi connectivity index (χ0n) is 21.2. The van der Waals surface area contributed by atoms with Crippen molar-refractivity contribution in [2.45, 2.75) is 32.0 Å². The van der Waals surface area contributed by atoms with Crippen LogP contribution in [0.25, 0.3) is 27.9 Å². The van der Waals surface area contributed by atoms with Crippen molar-refractivity contribution in [1.82, 2.24) is 25.1 Å². The Morgan fingerprint density at radius 1 is 1.21 bits per heavy atom. The van der Waals surface area contributed by atoms with Crippen molar-refractivity contribution in [2.75, 3.05) is 18.2 Å². The van der Waals surface area contributed by atoms with Gasteiger partial charge in [0.2, 0.25) is 0 Å². The predicted molar refractivity (Wildman–Crippen MR) is 142 cm³/mol. The van der Waals surface area contributed by atoms with Crippen LogP contribution in [0.5, 0.6) is 5.75 Å². The highest BCUT2D eigenvalue weighted by Crippen LogP contribution is 2.41. The highest BCUT2D eigenvalue weighted by atomic mass is 19.1. The molecule has 10 nitrogen and oxygen atoms in total. The number of halogens is 2. The van der Waals surface area contributed by atoms with Gasteiger partial charge in [0.15, 0.2) is 11.6 Å². The molecule has 0 atom stereocenters. The molecule has 0 aliphatic heterocycles. The zero-order valence-corrected chi connectivity index (χ0v) is 21.2. The van der Waals surface area contributed by atoms with Crippen molar-refractivity contribution in [3.63, 3.8) is 0 Å². The number of benzene rings is 2. The molecule has 5 rings (SSSR count). The van der Waals surface area contributed by atoms with Crippen LogP contribution in [0.4, 0.5) is 20.3 Å². The second kappa shape index (κ2) is 10.1. The number of hydrogen-bond donors (Lipinski definition) is 3. The summed E-state index contributed by atoms with van der Waals surface area (Å²) in [6, 6.07) is 9.88. The van der Waals surface area contributed by atoms with E-state index in [9.17, 15) is 18.4 Å². The van der Waals surface area contributed by atoms with Crippen LogP contribution >= 0.6 is 0 Å². The lowest BCUT2D eigenvalue weighted by atomic mass is 9.90. The van der Waals surface area contributed by atoms with Crippen molar-refractivity contribution >= 4 is 28.8 Å². The molecule has 2 heterocycles. The molecule has 1 fully saturated rings. The monoisotopic (exact) mass is 533 g/mol. The van der Waals surface area contributed by atoms with Crippen molar-refractivity contribution < 1.29 is 23.1 Å². The molecule has 0 bridgehead atoms. The van der Waals surface area contributed by atoms with Gasteiger partial charge in [-0.2, -0.15) is 0 Å². The van der Waals surface area contributed by atoms with Crippen LogP contribution in [0.2, 0.25) is 0 Å². The van der Waals surface area contributed by atoms with E-state index in [1.54, 1.807) is 31.2 Å². The van der Waals surface area contributed by atoms with Gasteiger partial charge in [-0.3, -0.25) is 9.59 Å². The minimum Gasteiger partial charge on any atom is -0.496 e. The molecule has 4 aromatic rings. The Kier molecular flexibility index (Phi) is 6.69. The van der Waals surface area contributed by atoms with Gasteiger partial charge < -0.3 is 21.1 Å². The normalized spacial score (nSPS) is 16.4. The molecule has 0 radical (unpaired) electrons. The zero-order chi connectivity index (χ0) is 27.8. The van der Waals surface area contributed by atoms with E-state index in [-0.39, 0.29) is 17.8 Å². The molecule has 1 aliphatic carbocycles. The molecular weight excluding hydrogens is 508 g/mol. The Bertz CT molecular complexity index is 1630. The van der Waals surface area contributed by atoms with Gasteiger partial charge in [0.1, 0.15) is 29.5 Å². The molecule has 4 N–H and O–H groups in total. The van der Waals surface area contributed by atoms with E-state index < -0.39 is 17.9 Å². The quantitative estimate of drug-likeness (QED) is 0.305. The van der Waals surface area contributed by atoms with Crippen molar-refractivity contribution in [2.24, 2.45) is 0 Å². The Morgan fingerprint density at radius 3 is 2.64 bits per heavy atom. The molecule has 2 amide bonds. The number of carbonyl (C=O) groups excluding carboxylic acids is 2. The summed E-state index contributed by atoms with van der Waals surface area (Å²) in [6.45, 7) is 4.80. The summed E-state index contributed by atoms with van der Waals surface area (Å²) in [4.78, 5) is 28.7. The van der Waals surface area contributed by atoms with E-state index >= 15 is 0 Å². The van der Waals surface area contributed by atoms with Gasteiger partial charge in [-0.25, -0.2) is 13.8 Å². The Balaban J connectivity index is 1.59. The predicted octanol–water partition coefficient (Wildman–Crippen LogP) is 4.01. The molecule has 2 aromatic carbocycles. The smallest absolute Gasteiger partial charge is 0.283 e. The van der Waals surface area contributed by atoms with Gasteiger partial charge in [0, 0.05) is 34.5 Å². The number of nitrogens with zero attached hydrogens (tertiary/aromatic N) is 4. The lowest BCUT2D eigenvalue weighted by molar-refractivity contribution is -0.114. The number of rotatable bonds is 7. The summed E-state index contributed by atoms with van der Waals surface area (Å²) >= 11 is 0. The molecule has 0 spiro atoms. The number of fused-ring (bicyclic) bond motifs is 1. The summed E-state index contributed by atoms with van der Waals surface area (Å²) in [5.41, 5.74) is 10.4. The number of hydrogen-bond acceptors (Lipinski definition) is 7. The number of methoxy groups -OCH3 is 1. The Hall–Kier alpha value is -4.87. The topological polar surface area (TPSA) is 137 Å². The fraction of sp³-hybridized carbons (Fsp3) is 0.222. The van der Waals surface area contributed by atoms with E-state index in [0.717, 1.165) is 0 Å².